The average Bonchev–Trinajstić information content (AvgIpc) is 2.55. The van der Waals surface area contributed by atoms with Gasteiger partial charge in [0.25, 0.3) is 5.91 Å². The fourth-order valence-corrected chi connectivity index (χ4v) is 2.60. The normalized spacial score (nSPS) is 10.2. The van der Waals surface area contributed by atoms with Crippen molar-refractivity contribution in [2.45, 2.75) is 13.8 Å². The molecule has 0 aliphatic heterocycles. The van der Waals surface area contributed by atoms with Crippen LogP contribution in [0.2, 0.25) is 5.02 Å². The molecular weight excluding hydrogens is 342 g/mol. The molecule has 2 rings (SSSR count). The summed E-state index contributed by atoms with van der Waals surface area (Å²) in [4.78, 5) is 23.8. The highest BCUT2D eigenvalue weighted by atomic mass is 35.5. The maximum atomic E-state index is 12.2. The number of methoxy groups -OCH3 is 1. The molecule has 0 aromatic heterocycles. The third-order valence-corrected chi connectivity index (χ3v) is 4.12. The van der Waals surface area contributed by atoms with E-state index in [0.717, 1.165) is 11.1 Å². The van der Waals surface area contributed by atoms with Crippen LogP contribution >= 0.6 is 11.6 Å². The lowest BCUT2D eigenvalue weighted by molar-refractivity contribution is -0.114. The summed E-state index contributed by atoms with van der Waals surface area (Å²) in [7, 11) is 1.50. The number of carbonyl (C=O) groups is 2. The molecule has 0 heterocycles. The third kappa shape index (κ3) is 4.42. The zero-order valence-electron chi connectivity index (χ0n) is 14.3. The molecule has 6 nitrogen and oxygen atoms in total. The summed E-state index contributed by atoms with van der Waals surface area (Å²) in [5.41, 5.74) is 8.38. The Kier molecular flexibility index (Phi) is 5.88. The molecule has 0 fully saturated rings. The summed E-state index contributed by atoms with van der Waals surface area (Å²) >= 11 is 6.06. The van der Waals surface area contributed by atoms with Crippen molar-refractivity contribution in [2.24, 2.45) is 5.73 Å². The van der Waals surface area contributed by atoms with Crippen LogP contribution < -0.4 is 21.1 Å². The second kappa shape index (κ2) is 7.90. The van der Waals surface area contributed by atoms with Gasteiger partial charge < -0.3 is 21.1 Å². The second-order valence-corrected chi connectivity index (χ2v) is 5.97. The summed E-state index contributed by atoms with van der Waals surface area (Å²) < 4.78 is 5.23. The van der Waals surface area contributed by atoms with Crippen molar-refractivity contribution in [2.75, 3.05) is 24.3 Å². The number of amides is 2. The van der Waals surface area contributed by atoms with Crippen LogP contribution in [0.1, 0.15) is 21.5 Å². The SMILES string of the molecule is COc1cc(Cl)c(C)cc1NC(=O)CNc1cccc(C)c1C(N)=O. The topological polar surface area (TPSA) is 93.4 Å². The summed E-state index contributed by atoms with van der Waals surface area (Å²) in [5.74, 6) is -0.370. The molecule has 0 saturated heterocycles. The number of nitrogens with one attached hydrogen (secondary N) is 2. The number of primary amides is 1. The zero-order chi connectivity index (χ0) is 18.6. The van der Waals surface area contributed by atoms with Gasteiger partial charge in [-0.1, -0.05) is 23.7 Å². The van der Waals surface area contributed by atoms with E-state index in [4.69, 9.17) is 22.1 Å². The van der Waals surface area contributed by atoms with Gasteiger partial charge in [-0.3, -0.25) is 9.59 Å². The molecule has 0 atom stereocenters. The van der Waals surface area contributed by atoms with E-state index < -0.39 is 5.91 Å². The number of hydrogen-bond donors (Lipinski definition) is 3. The average molecular weight is 362 g/mol. The predicted molar refractivity (Wildman–Crippen MR) is 99.6 cm³/mol. The minimum Gasteiger partial charge on any atom is -0.495 e. The van der Waals surface area contributed by atoms with Crippen LogP contribution in [-0.2, 0) is 4.79 Å². The minimum atomic E-state index is -0.545. The number of carbonyl (C=O) groups excluding carboxylic acids is 2. The molecule has 2 aromatic rings. The van der Waals surface area contributed by atoms with Gasteiger partial charge in [-0.2, -0.15) is 0 Å². The molecule has 25 heavy (non-hydrogen) atoms. The van der Waals surface area contributed by atoms with Gasteiger partial charge >= 0.3 is 0 Å². The monoisotopic (exact) mass is 361 g/mol. The van der Waals surface area contributed by atoms with Crippen molar-refractivity contribution in [3.05, 3.63) is 52.0 Å². The summed E-state index contributed by atoms with van der Waals surface area (Å²) in [6.07, 6.45) is 0. The van der Waals surface area contributed by atoms with Gasteiger partial charge in [0, 0.05) is 16.8 Å². The number of rotatable bonds is 6. The van der Waals surface area contributed by atoms with Crippen LogP contribution in [0, 0.1) is 13.8 Å². The molecule has 0 unspecified atom stereocenters. The van der Waals surface area contributed by atoms with Crippen molar-refractivity contribution in [3.8, 4) is 5.75 Å². The van der Waals surface area contributed by atoms with Crippen LogP contribution in [0.25, 0.3) is 0 Å². The quantitative estimate of drug-likeness (QED) is 0.736. The lowest BCUT2D eigenvalue weighted by Crippen LogP contribution is -2.24. The van der Waals surface area contributed by atoms with Gasteiger partial charge in [-0.05, 0) is 37.1 Å². The Morgan fingerprint density at radius 3 is 2.52 bits per heavy atom. The van der Waals surface area contributed by atoms with E-state index in [9.17, 15) is 9.59 Å². The molecular formula is C18H20ClN3O3. The first-order valence-corrected chi connectivity index (χ1v) is 7.98. The number of ether oxygens (including phenoxy) is 1. The van der Waals surface area contributed by atoms with E-state index in [1.165, 1.54) is 7.11 Å². The van der Waals surface area contributed by atoms with Gasteiger partial charge in [-0.25, -0.2) is 0 Å². The van der Waals surface area contributed by atoms with Crippen molar-refractivity contribution in [1.29, 1.82) is 0 Å². The molecule has 132 valence electrons. The van der Waals surface area contributed by atoms with Gasteiger partial charge in [0.05, 0.1) is 24.9 Å². The first-order valence-electron chi connectivity index (χ1n) is 7.60. The number of aryl methyl sites for hydroxylation is 2. The van der Waals surface area contributed by atoms with Crippen molar-refractivity contribution in [1.82, 2.24) is 0 Å². The standard InChI is InChI=1S/C18H20ClN3O3/c1-10-5-4-6-13(17(10)18(20)24)21-9-16(23)22-14-7-11(2)12(19)8-15(14)25-3/h4-8,21H,9H2,1-3H3,(H2,20,24)(H,22,23). The lowest BCUT2D eigenvalue weighted by atomic mass is 10.1. The van der Waals surface area contributed by atoms with E-state index in [0.29, 0.717) is 27.7 Å². The highest BCUT2D eigenvalue weighted by Gasteiger charge is 2.13. The number of benzene rings is 2. The Morgan fingerprint density at radius 2 is 1.88 bits per heavy atom. The Bertz CT molecular complexity index is 821. The maximum absolute atomic E-state index is 12.2. The Labute approximate surface area is 151 Å². The molecule has 4 N–H and O–H groups in total. The van der Waals surface area contributed by atoms with Crippen molar-refractivity contribution < 1.29 is 14.3 Å². The highest BCUT2D eigenvalue weighted by molar-refractivity contribution is 6.31. The molecule has 0 aliphatic rings. The Balaban J connectivity index is 2.11. The smallest absolute Gasteiger partial charge is 0.251 e. The van der Waals surface area contributed by atoms with Gasteiger partial charge in [0.15, 0.2) is 0 Å². The summed E-state index contributed by atoms with van der Waals surface area (Å²) in [6.45, 7) is 3.59. The number of nitrogens with two attached hydrogens (primary N) is 1. The molecule has 0 saturated carbocycles. The van der Waals surface area contributed by atoms with Crippen LogP contribution in [0.5, 0.6) is 5.75 Å². The fourth-order valence-electron chi connectivity index (χ4n) is 2.44. The Hall–Kier alpha value is -2.73. The minimum absolute atomic E-state index is 0.0332. The Morgan fingerprint density at radius 1 is 1.16 bits per heavy atom. The van der Waals surface area contributed by atoms with Gasteiger partial charge in [0.2, 0.25) is 5.91 Å². The van der Waals surface area contributed by atoms with E-state index in [-0.39, 0.29) is 12.5 Å². The first-order chi connectivity index (χ1) is 11.8. The molecule has 0 spiro atoms. The molecule has 7 heteroatoms. The summed E-state index contributed by atoms with van der Waals surface area (Å²) in [6, 6.07) is 8.65. The van der Waals surface area contributed by atoms with E-state index in [2.05, 4.69) is 10.6 Å². The zero-order valence-corrected chi connectivity index (χ0v) is 15.0. The first kappa shape index (κ1) is 18.6. The largest absolute Gasteiger partial charge is 0.495 e. The molecule has 2 aromatic carbocycles. The van der Waals surface area contributed by atoms with Gasteiger partial charge in [-0.15, -0.1) is 0 Å². The second-order valence-electron chi connectivity index (χ2n) is 5.57. The molecule has 2 amide bonds. The van der Waals surface area contributed by atoms with Crippen LogP contribution in [0.15, 0.2) is 30.3 Å². The van der Waals surface area contributed by atoms with E-state index in [1.54, 1.807) is 37.3 Å². The van der Waals surface area contributed by atoms with Gasteiger partial charge in [0.1, 0.15) is 5.75 Å². The van der Waals surface area contributed by atoms with Crippen LogP contribution in [-0.4, -0.2) is 25.5 Å². The molecule has 0 radical (unpaired) electrons. The number of halogens is 1. The van der Waals surface area contributed by atoms with E-state index >= 15 is 0 Å². The highest BCUT2D eigenvalue weighted by Crippen LogP contribution is 2.30. The van der Waals surface area contributed by atoms with Crippen molar-refractivity contribution in [3.63, 3.8) is 0 Å². The maximum Gasteiger partial charge on any atom is 0.251 e. The fraction of sp³-hybridized carbons (Fsp3) is 0.222. The number of anilines is 2. The van der Waals surface area contributed by atoms with Crippen LogP contribution in [0.3, 0.4) is 0 Å². The van der Waals surface area contributed by atoms with E-state index in [1.807, 2.05) is 6.92 Å². The molecule has 0 bridgehead atoms. The predicted octanol–water partition coefficient (Wildman–Crippen LogP) is 3.11. The van der Waals surface area contributed by atoms with Crippen molar-refractivity contribution >= 4 is 34.8 Å². The lowest BCUT2D eigenvalue weighted by Gasteiger charge is -2.14. The summed E-state index contributed by atoms with van der Waals surface area (Å²) in [5, 5.41) is 6.26. The number of hydrogen-bond acceptors (Lipinski definition) is 4. The molecule has 0 aliphatic carbocycles. The third-order valence-electron chi connectivity index (χ3n) is 3.71. The van der Waals surface area contributed by atoms with Crippen LogP contribution in [0.4, 0.5) is 11.4 Å².